The van der Waals surface area contributed by atoms with Gasteiger partial charge in [0, 0.05) is 31.8 Å². The maximum absolute atomic E-state index is 10.4. The normalized spacial score (nSPS) is 11.1. The van der Waals surface area contributed by atoms with Crippen molar-refractivity contribution in [2.45, 2.75) is 13.3 Å². The molecule has 0 rings (SSSR count). The minimum atomic E-state index is -0.874. The van der Waals surface area contributed by atoms with Gasteiger partial charge in [-0.15, -0.1) is 0 Å². The van der Waals surface area contributed by atoms with Gasteiger partial charge in [-0.3, -0.25) is 0 Å². The molecule has 0 aliphatic heterocycles. The van der Waals surface area contributed by atoms with Gasteiger partial charge in [0.2, 0.25) is 0 Å². The van der Waals surface area contributed by atoms with Gasteiger partial charge in [0.05, 0.1) is 0 Å². The lowest BCUT2D eigenvalue weighted by Crippen LogP contribution is -2.09. The molecule has 0 atom stereocenters. The van der Waals surface area contributed by atoms with Crippen molar-refractivity contribution in [3.05, 3.63) is 23.9 Å². The van der Waals surface area contributed by atoms with Crippen molar-refractivity contribution < 1.29 is 9.90 Å². The van der Waals surface area contributed by atoms with E-state index in [4.69, 9.17) is 5.11 Å². The van der Waals surface area contributed by atoms with Crippen molar-refractivity contribution in [2.24, 2.45) is 0 Å². The van der Waals surface area contributed by atoms with E-state index in [1.165, 1.54) is 0 Å². The summed E-state index contributed by atoms with van der Waals surface area (Å²) in [5.74, 6) is -0.874. The monoisotopic (exact) mass is 169 g/mol. The van der Waals surface area contributed by atoms with Crippen LogP contribution in [0.15, 0.2) is 23.9 Å². The number of hydrogen-bond acceptors (Lipinski definition) is 2. The molecule has 0 fully saturated rings. The molecule has 0 aromatic heterocycles. The number of carboxylic acid groups (broad SMARTS) is 1. The molecule has 3 nitrogen and oxygen atoms in total. The summed E-state index contributed by atoms with van der Waals surface area (Å²) in [6.45, 7) is 5.35. The fourth-order valence-corrected chi connectivity index (χ4v) is 0.541. The lowest BCUT2D eigenvalue weighted by molar-refractivity contribution is -0.132. The van der Waals surface area contributed by atoms with Gasteiger partial charge < -0.3 is 10.0 Å². The number of allylic oxidation sites excluding steroid dienone is 1. The molecule has 0 spiro atoms. The van der Waals surface area contributed by atoms with Crippen molar-refractivity contribution in [1.82, 2.24) is 4.90 Å². The Morgan fingerprint density at radius 2 is 2.08 bits per heavy atom. The average molecular weight is 169 g/mol. The summed E-state index contributed by atoms with van der Waals surface area (Å²) in [4.78, 5) is 12.2. The van der Waals surface area contributed by atoms with E-state index in [9.17, 15) is 4.79 Å². The summed E-state index contributed by atoms with van der Waals surface area (Å²) in [7, 11) is 3.76. The van der Waals surface area contributed by atoms with Gasteiger partial charge in [-0.25, -0.2) is 4.79 Å². The Labute approximate surface area is 73.0 Å². The maximum Gasteiger partial charge on any atom is 0.330 e. The lowest BCUT2D eigenvalue weighted by Gasteiger charge is -2.13. The predicted octanol–water partition coefficient (Wildman–Crippen LogP) is 1.48. The van der Waals surface area contributed by atoms with Gasteiger partial charge in [-0.2, -0.15) is 0 Å². The molecule has 0 aliphatic rings. The van der Waals surface area contributed by atoms with Crippen molar-refractivity contribution >= 4 is 5.97 Å². The standard InChI is InChI=1S/C9H15NO2/c1-7(9(11)12)5-6-8(2)10(3)4/h5H,2,6H2,1,3-4H3,(H,11,12)/b7-5+. The third-order valence-corrected chi connectivity index (χ3v) is 1.61. The zero-order valence-corrected chi connectivity index (χ0v) is 7.79. The topological polar surface area (TPSA) is 40.5 Å². The van der Waals surface area contributed by atoms with Crippen LogP contribution in [-0.2, 0) is 4.79 Å². The molecule has 68 valence electrons. The number of aliphatic carboxylic acids is 1. The number of nitrogens with zero attached hydrogens (tertiary/aromatic N) is 1. The van der Waals surface area contributed by atoms with E-state index >= 15 is 0 Å². The summed E-state index contributed by atoms with van der Waals surface area (Å²) in [5, 5.41) is 8.52. The fraction of sp³-hybridized carbons (Fsp3) is 0.444. The van der Waals surface area contributed by atoms with Crippen LogP contribution in [0.1, 0.15) is 13.3 Å². The molecular weight excluding hydrogens is 154 g/mol. The van der Waals surface area contributed by atoms with E-state index in [1.807, 2.05) is 19.0 Å². The van der Waals surface area contributed by atoms with Crippen LogP contribution >= 0.6 is 0 Å². The molecule has 0 aliphatic carbocycles. The molecule has 12 heavy (non-hydrogen) atoms. The average Bonchev–Trinajstić information content (AvgIpc) is 1.98. The summed E-state index contributed by atoms with van der Waals surface area (Å²) in [6.07, 6.45) is 2.25. The van der Waals surface area contributed by atoms with Gasteiger partial charge in [0.15, 0.2) is 0 Å². The van der Waals surface area contributed by atoms with Gasteiger partial charge >= 0.3 is 5.97 Å². The van der Waals surface area contributed by atoms with Crippen LogP contribution in [0.5, 0.6) is 0 Å². The van der Waals surface area contributed by atoms with E-state index < -0.39 is 5.97 Å². The summed E-state index contributed by atoms with van der Waals surface area (Å²) in [6, 6.07) is 0. The first kappa shape index (κ1) is 10.8. The molecule has 0 radical (unpaired) electrons. The maximum atomic E-state index is 10.4. The first-order chi connectivity index (χ1) is 5.45. The van der Waals surface area contributed by atoms with E-state index in [1.54, 1.807) is 13.0 Å². The minimum absolute atomic E-state index is 0.359. The predicted molar refractivity (Wildman–Crippen MR) is 48.8 cm³/mol. The quantitative estimate of drug-likeness (QED) is 0.648. The van der Waals surface area contributed by atoms with Crippen LogP contribution in [0, 0.1) is 0 Å². The number of carboxylic acids is 1. The van der Waals surface area contributed by atoms with Crippen LogP contribution in [0.25, 0.3) is 0 Å². The van der Waals surface area contributed by atoms with E-state index in [0.717, 1.165) is 5.70 Å². The minimum Gasteiger partial charge on any atom is -0.478 e. The highest BCUT2D eigenvalue weighted by Crippen LogP contribution is 2.04. The summed E-state index contributed by atoms with van der Waals surface area (Å²) in [5.41, 5.74) is 1.26. The molecule has 0 bridgehead atoms. The number of rotatable bonds is 4. The zero-order valence-electron chi connectivity index (χ0n) is 7.79. The Morgan fingerprint density at radius 1 is 1.58 bits per heavy atom. The largest absolute Gasteiger partial charge is 0.478 e. The van der Waals surface area contributed by atoms with Gasteiger partial charge in [-0.05, 0) is 6.92 Å². The Hall–Kier alpha value is -1.25. The van der Waals surface area contributed by atoms with E-state index in [2.05, 4.69) is 6.58 Å². The number of carbonyl (C=O) groups is 1. The Balaban J connectivity index is 4.05. The molecule has 0 amide bonds. The highest BCUT2D eigenvalue weighted by molar-refractivity contribution is 5.85. The van der Waals surface area contributed by atoms with E-state index in [0.29, 0.717) is 12.0 Å². The molecule has 0 heterocycles. The lowest BCUT2D eigenvalue weighted by atomic mass is 10.2. The van der Waals surface area contributed by atoms with Gasteiger partial charge in [0.25, 0.3) is 0 Å². The third kappa shape index (κ3) is 3.81. The SMILES string of the molecule is C=C(C/C=C(\C)C(=O)O)N(C)C. The van der Waals surface area contributed by atoms with Crippen molar-refractivity contribution in [3.63, 3.8) is 0 Å². The molecule has 0 saturated heterocycles. The Bertz CT molecular complexity index is 217. The van der Waals surface area contributed by atoms with Crippen LogP contribution < -0.4 is 0 Å². The Kier molecular flexibility index (Phi) is 4.11. The molecule has 0 saturated carbocycles. The van der Waals surface area contributed by atoms with Crippen molar-refractivity contribution in [3.8, 4) is 0 Å². The molecule has 1 N–H and O–H groups in total. The molecule has 0 unspecified atom stereocenters. The second kappa shape index (κ2) is 4.59. The highest BCUT2D eigenvalue weighted by atomic mass is 16.4. The first-order valence-corrected chi connectivity index (χ1v) is 3.70. The smallest absolute Gasteiger partial charge is 0.330 e. The second-order valence-electron chi connectivity index (χ2n) is 2.86. The van der Waals surface area contributed by atoms with Crippen molar-refractivity contribution in [1.29, 1.82) is 0 Å². The van der Waals surface area contributed by atoms with Crippen LogP contribution in [0.4, 0.5) is 0 Å². The first-order valence-electron chi connectivity index (χ1n) is 3.70. The molecule has 3 heteroatoms. The van der Waals surface area contributed by atoms with Crippen LogP contribution in [0.2, 0.25) is 0 Å². The molecule has 0 aromatic carbocycles. The third-order valence-electron chi connectivity index (χ3n) is 1.61. The van der Waals surface area contributed by atoms with Gasteiger partial charge in [0.1, 0.15) is 0 Å². The second-order valence-corrected chi connectivity index (χ2v) is 2.86. The molecule has 0 aromatic rings. The summed E-state index contributed by atoms with van der Waals surface area (Å²) >= 11 is 0. The van der Waals surface area contributed by atoms with Gasteiger partial charge in [-0.1, -0.05) is 12.7 Å². The van der Waals surface area contributed by atoms with Crippen LogP contribution in [0.3, 0.4) is 0 Å². The fourth-order valence-electron chi connectivity index (χ4n) is 0.541. The highest BCUT2D eigenvalue weighted by Gasteiger charge is 1.99. The zero-order chi connectivity index (χ0) is 9.72. The summed E-state index contributed by atoms with van der Waals surface area (Å²) < 4.78 is 0. The van der Waals surface area contributed by atoms with Crippen LogP contribution in [-0.4, -0.2) is 30.1 Å². The Morgan fingerprint density at radius 3 is 2.42 bits per heavy atom. The molecular formula is C9H15NO2. The number of hydrogen-bond donors (Lipinski definition) is 1. The van der Waals surface area contributed by atoms with Crippen molar-refractivity contribution in [2.75, 3.05) is 14.1 Å². The van der Waals surface area contributed by atoms with E-state index in [-0.39, 0.29) is 0 Å².